The monoisotopic (exact) mass is 316 g/mol. The molecule has 7 heteroatoms. The summed E-state index contributed by atoms with van der Waals surface area (Å²) in [6.07, 6.45) is 5.41. The summed E-state index contributed by atoms with van der Waals surface area (Å²) >= 11 is 0. The van der Waals surface area contributed by atoms with Crippen molar-refractivity contribution in [3.8, 4) is 0 Å². The van der Waals surface area contributed by atoms with Crippen molar-refractivity contribution in [2.75, 3.05) is 0 Å². The fourth-order valence-electron chi connectivity index (χ4n) is 1.88. The van der Waals surface area contributed by atoms with Crippen molar-refractivity contribution < 1.29 is 0 Å². The summed E-state index contributed by atoms with van der Waals surface area (Å²) in [5.74, 6) is 0. The Kier molecular flexibility index (Phi) is 5.23. The Bertz CT molecular complexity index is 614. The van der Waals surface area contributed by atoms with Crippen LogP contribution in [-0.4, -0.2) is 9.97 Å². The van der Waals surface area contributed by atoms with Crippen molar-refractivity contribution in [2.45, 2.75) is 19.8 Å². The van der Waals surface area contributed by atoms with Crippen molar-refractivity contribution >= 4 is 49.5 Å². The highest BCUT2D eigenvalue weighted by molar-refractivity contribution is 8.63. The minimum atomic E-state index is -0.435. The van der Waals surface area contributed by atoms with Crippen LogP contribution >= 0.6 is 33.1 Å². The minimum absolute atomic E-state index is 0.145. The molecule has 0 radical (unpaired) electrons. The van der Waals surface area contributed by atoms with E-state index in [1.807, 2.05) is 12.3 Å². The Labute approximate surface area is 114 Å². The first-order valence-electron chi connectivity index (χ1n) is 5.69. The van der Waals surface area contributed by atoms with Gasteiger partial charge < -0.3 is 4.98 Å². The second-order valence-corrected chi connectivity index (χ2v) is 13.0. The summed E-state index contributed by atoms with van der Waals surface area (Å²) < 4.78 is 0. The maximum Gasteiger partial charge on any atom is 0.194 e. The summed E-state index contributed by atoms with van der Waals surface area (Å²) in [5.41, 5.74) is 2.84. The van der Waals surface area contributed by atoms with Crippen molar-refractivity contribution in [3.63, 3.8) is 0 Å². The molecule has 2 rings (SSSR count). The number of fused-ring (bicyclic) bond motifs is 1. The van der Waals surface area contributed by atoms with Crippen molar-refractivity contribution in [1.29, 1.82) is 0 Å². The van der Waals surface area contributed by atoms with Crippen LogP contribution in [0, 0.1) is 0 Å². The predicted octanol–water partition coefficient (Wildman–Crippen LogP) is 3.16. The van der Waals surface area contributed by atoms with Crippen LogP contribution in [0.15, 0.2) is 23.3 Å². The molecule has 1 N–H and O–H groups in total. The summed E-state index contributed by atoms with van der Waals surface area (Å²) in [6.45, 7) is 2.08. The fraction of sp³-hybridized carbons (Fsp3) is 0.273. The van der Waals surface area contributed by atoms with Crippen molar-refractivity contribution in [3.05, 3.63) is 34.2 Å². The van der Waals surface area contributed by atoms with Crippen LogP contribution in [-0.2, 0) is 6.42 Å². The Hall–Kier alpha value is 0.0800. The molecule has 0 fully saturated rings. The van der Waals surface area contributed by atoms with Gasteiger partial charge in [-0.05, 0) is 19.8 Å². The highest BCUT2D eigenvalue weighted by atomic mass is 32.6. The molecular formula is C11H16N2OP4. The smallest absolute Gasteiger partial charge is 0.194 e. The number of rotatable bonds is 4. The molecule has 4 unspecified atom stereocenters. The van der Waals surface area contributed by atoms with E-state index in [0.717, 1.165) is 34.7 Å². The zero-order valence-electron chi connectivity index (χ0n) is 10.1. The third-order valence-electron chi connectivity index (χ3n) is 2.74. The van der Waals surface area contributed by atoms with Gasteiger partial charge in [0.1, 0.15) is 0 Å². The largest absolute Gasteiger partial charge is 0.361 e. The average Bonchev–Trinajstić information content (AvgIpc) is 2.40. The van der Waals surface area contributed by atoms with E-state index in [2.05, 4.69) is 34.7 Å². The summed E-state index contributed by atoms with van der Waals surface area (Å²) in [7, 11) is 5.84. The second kappa shape index (κ2) is 6.49. The SMILES string of the molecule is CCCc1c[nH]c2ccnc(P(P)PP)c2c1=O. The van der Waals surface area contributed by atoms with E-state index >= 15 is 0 Å². The highest BCUT2D eigenvalue weighted by Gasteiger charge is 2.14. The van der Waals surface area contributed by atoms with Crippen LogP contribution < -0.4 is 10.9 Å². The zero-order valence-corrected chi connectivity index (χ0v) is 14.3. The fourth-order valence-corrected chi connectivity index (χ4v) is 5.22. The van der Waals surface area contributed by atoms with E-state index < -0.39 is 7.30 Å². The van der Waals surface area contributed by atoms with Gasteiger partial charge in [-0.25, -0.2) is 0 Å². The molecular weight excluding hydrogens is 300 g/mol. The highest BCUT2D eigenvalue weighted by Crippen LogP contribution is 2.64. The van der Waals surface area contributed by atoms with Crippen molar-refractivity contribution in [1.82, 2.24) is 9.97 Å². The average molecular weight is 316 g/mol. The van der Waals surface area contributed by atoms with Crippen LogP contribution in [0.25, 0.3) is 10.9 Å². The van der Waals surface area contributed by atoms with Gasteiger partial charge in [-0.15, -0.1) is 17.9 Å². The van der Waals surface area contributed by atoms with E-state index in [4.69, 9.17) is 0 Å². The van der Waals surface area contributed by atoms with Crippen LogP contribution in [0.5, 0.6) is 0 Å². The molecule has 2 heterocycles. The van der Waals surface area contributed by atoms with Gasteiger partial charge >= 0.3 is 0 Å². The van der Waals surface area contributed by atoms with Crippen LogP contribution in [0.4, 0.5) is 0 Å². The van der Waals surface area contributed by atoms with Gasteiger partial charge in [0.2, 0.25) is 0 Å². The molecule has 0 amide bonds. The lowest BCUT2D eigenvalue weighted by Gasteiger charge is -2.11. The lowest BCUT2D eigenvalue weighted by molar-refractivity contribution is 0.910. The molecule has 0 saturated heterocycles. The Morgan fingerprint density at radius 2 is 2.33 bits per heavy atom. The van der Waals surface area contributed by atoms with Crippen molar-refractivity contribution in [2.24, 2.45) is 0 Å². The van der Waals surface area contributed by atoms with Gasteiger partial charge in [-0.2, -0.15) is 0 Å². The third kappa shape index (κ3) is 2.81. The number of H-pyrrole nitrogens is 1. The second-order valence-electron chi connectivity index (χ2n) is 3.95. The van der Waals surface area contributed by atoms with E-state index in [-0.39, 0.29) is 5.43 Å². The molecule has 4 atom stereocenters. The number of pyridine rings is 2. The summed E-state index contributed by atoms with van der Waals surface area (Å²) in [6, 6.07) is 1.87. The number of aromatic nitrogens is 2. The zero-order chi connectivity index (χ0) is 13.1. The first-order chi connectivity index (χ1) is 8.69. The molecule has 0 aromatic carbocycles. The van der Waals surface area contributed by atoms with Gasteiger partial charge in [0.25, 0.3) is 0 Å². The molecule has 2 aromatic heterocycles. The van der Waals surface area contributed by atoms with E-state index in [9.17, 15) is 4.79 Å². The summed E-state index contributed by atoms with van der Waals surface area (Å²) in [4.78, 5) is 20.1. The number of aromatic amines is 1. The van der Waals surface area contributed by atoms with Gasteiger partial charge in [-0.1, -0.05) is 21.3 Å². The molecule has 18 heavy (non-hydrogen) atoms. The lowest BCUT2D eigenvalue weighted by atomic mass is 10.1. The normalized spacial score (nSPS) is 13.5. The van der Waals surface area contributed by atoms with Crippen LogP contribution in [0.3, 0.4) is 0 Å². The molecule has 0 saturated carbocycles. The Balaban J connectivity index is 2.73. The third-order valence-corrected chi connectivity index (χ3v) is 12.5. The van der Waals surface area contributed by atoms with Gasteiger partial charge in [0.05, 0.1) is 16.3 Å². The molecule has 96 valence electrons. The van der Waals surface area contributed by atoms with Crippen LogP contribution in [0.2, 0.25) is 0 Å². The van der Waals surface area contributed by atoms with Gasteiger partial charge in [0, 0.05) is 18.0 Å². The molecule has 3 nitrogen and oxygen atoms in total. The standard InChI is InChI=1S/C11H16N2OP4/c1-2-3-7-6-13-8-4-5-12-11(18(16)17-15)9(8)10(7)14/h4-6,17H,2-3,15-16H2,1H3,(H,13,14). The molecule has 0 aliphatic rings. The number of hydrogen-bond acceptors (Lipinski definition) is 2. The van der Waals surface area contributed by atoms with Gasteiger partial charge in [-0.3, -0.25) is 9.78 Å². The number of aryl methyl sites for hydroxylation is 1. The maximum absolute atomic E-state index is 12.5. The maximum atomic E-state index is 12.5. The Morgan fingerprint density at radius 1 is 1.56 bits per heavy atom. The predicted molar refractivity (Wildman–Crippen MR) is 90.6 cm³/mol. The molecule has 0 aliphatic carbocycles. The number of nitrogens with zero attached hydrogens (tertiary/aromatic N) is 1. The van der Waals surface area contributed by atoms with E-state index in [1.165, 1.54) is 0 Å². The summed E-state index contributed by atoms with van der Waals surface area (Å²) in [5, 5.41) is 0.777. The van der Waals surface area contributed by atoms with E-state index in [1.54, 1.807) is 6.20 Å². The molecule has 0 spiro atoms. The van der Waals surface area contributed by atoms with E-state index in [0.29, 0.717) is 7.96 Å². The minimum Gasteiger partial charge on any atom is -0.361 e. The first-order valence-corrected chi connectivity index (χ1v) is 12.3. The van der Waals surface area contributed by atoms with Gasteiger partial charge in [0.15, 0.2) is 5.43 Å². The molecule has 0 bridgehead atoms. The number of nitrogens with one attached hydrogen (secondary N) is 1. The quantitative estimate of drug-likeness (QED) is 0.881. The molecule has 0 aliphatic heterocycles. The lowest BCUT2D eigenvalue weighted by Crippen LogP contribution is -2.18. The molecule has 2 aromatic rings. The first kappa shape index (κ1) is 14.5. The van der Waals surface area contributed by atoms with Crippen LogP contribution in [0.1, 0.15) is 18.9 Å². The Morgan fingerprint density at radius 3 is 3.00 bits per heavy atom. The topological polar surface area (TPSA) is 45.8 Å². The number of hydrogen-bond donors (Lipinski definition) is 1.